The summed E-state index contributed by atoms with van der Waals surface area (Å²) in [7, 11) is 0. The van der Waals surface area contributed by atoms with Crippen LogP contribution >= 0.6 is 11.8 Å². The first-order chi connectivity index (χ1) is 16.5. The van der Waals surface area contributed by atoms with Crippen molar-refractivity contribution in [1.82, 2.24) is 10.2 Å². The van der Waals surface area contributed by atoms with Gasteiger partial charge in [-0.25, -0.2) is 9.59 Å². The highest BCUT2D eigenvalue weighted by Crippen LogP contribution is 2.44. The normalized spacial score (nSPS) is 17.7. The molecule has 2 N–H and O–H groups in total. The second-order valence-electron chi connectivity index (χ2n) is 8.73. The fourth-order valence-electron chi connectivity index (χ4n) is 4.70. The molecule has 180 valence electrons. The highest BCUT2D eigenvalue weighted by molar-refractivity contribution is 7.99. The standard InChI is InChI=1S/C26H30N2O5S/c1-2-3-8-17(13-24(29)28-16-34-15-23(28)25(30)31)27-26(32)33-14-22-20-11-6-4-9-18(20)19-10-5-7-12-21(19)22/h4-7,9-12,17,22-23H,2-3,8,13-16H2,1H3,(H,27,32)(H,30,31)/t17-,23?/m1/s1. The van der Waals surface area contributed by atoms with E-state index in [2.05, 4.69) is 29.6 Å². The Morgan fingerprint density at radius 3 is 2.38 bits per heavy atom. The topological polar surface area (TPSA) is 95.9 Å². The van der Waals surface area contributed by atoms with E-state index in [1.807, 2.05) is 31.2 Å². The number of amides is 2. The number of carbonyl (C=O) groups is 3. The minimum absolute atomic E-state index is 0.0353. The van der Waals surface area contributed by atoms with Crippen LogP contribution in [-0.4, -0.2) is 58.3 Å². The summed E-state index contributed by atoms with van der Waals surface area (Å²) in [5.41, 5.74) is 4.60. The fraction of sp³-hybridized carbons (Fsp3) is 0.423. The number of alkyl carbamates (subject to hydrolysis) is 1. The molecule has 0 aromatic heterocycles. The molecule has 2 atom stereocenters. The van der Waals surface area contributed by atoms with Crippen LogP contribution in [0.2, 0.25) is 0 Å². The van der Waals surface area contributed by atoms with E-state index in [-0.39, 0.29) is 24.9 Å². The second-order valence-corrected chi connectivity index (χ2v) is 9.73. The van der Waals surface area contributed by atoms with Crippen molar-refractivity contribution in [1.29, 1.82) is 0 Å². The van der Waals surface area contributed by atoms with Crippen LogP contribution < -0.4 is 5.32 Å². The lowest BCUT2D eigenvalue weighted by atomic mass is 9.98. The monoisotopic (exact) mass is 482 g/mol. The molecule has 0 radical (unpaired) electrons. The van der Waals surface area contributed by atoms with Gasteiger partial charge in [-0.2, -0.15) is 0 Å². The quantitative estimate of drug-likeness (QED) is 0.548. The summed E-state index contributed by atoms with van der Waals surface area (Å²) in [6, 6.07) is 15.1. The molecule has 7 nitrogen and oxygen atoms in total. The SMILES string of the molecule is CCCC[C@H](CC(=O)N1CSCC1C(=O)O)NC(=O)OCC1c2ccccc2-c2ccccc21. The molecule has 2 aromatic carbocycles. The van der Waals surface area contributed by atoms with Gasteiger partial charge in [-0.3, -0.25) is 4.79 Å². The molecule has 1 aliphatic heterocycles. The average molecular weight is 483 g/mol. The Balaban J connectivity index is 1.38. The number of nitrogens with zero attached hydrogens (tertiary/aromatic N) is 1. The van der Waals surface area contributed by atoms with Crippen molar-refractivity contribution < 1.29 is 24.2 Å². The van der Waals surface area contributed by atoms with E-state index in [0.717, 1.165) is 35.1 Å². The van der Waals surface area contributed by atoms with Crippen LogP contribution in [0.1, 0.15) is 49.7 Å². The number of nitrogens with one attached hydrogen (secondary N) is 1. The third kappa shape index (κ3) is 5.22. The number of unbranched alkanes of at least 4 members (excludes halogenated alkanes) is 1. The Labute approximate surface area is 203 Å². The van der Waals surface area contributed by atoms with Crippen molar-refractivity contribution in [2.45, 2.75) is 50.6 Å². The molecule has 34 heavy (non-hydrogen) atoms. The molecule has 1 aliphatic carbocycles. The third-order valence-electron chi connectivity index (χ3n) is 6.48. The number of benzene rings is 2. The maximum absolute atomic E-state index is 12.8. The zero-order valence-corrected chi connectivity index (χ0v) is 20.1. The maximum atomic E-state index is 12.8. The van der Waals surface area contributed by atoms with E-state index in [4.69, 9.17) is 4.74 Å². The zero-order chi connectivity index (χ0) is 24.1. The van der Waals surface area contributed by atoms with Crippen LogP contribution in [0.4, 0.5) is 4.79 Å². The first-order valence-corrected chi connectivity index (χ1v) is 12.9. The number of fused-ring (bicyclic) bond motifs is 3. The molecule has 4 rings (SSSR count). The van der Waals surface area contributed by atoms with Gasteiger partial charge in [0.1, 0.15) is 12.6 Å². The second kappa shape index (κ2) is 11.0. The van der Waals surface area contributed by atoms with Crippen molar-refractivity contribution in [2.24, 2.45) is 0 Å². The van der Waals surface area contributed by atoms with E-state index < -0.39 is 24.1 Å². The van der Waals surface area contributed by atoms with Gasteiger partial charge in [-0.15, -0.1) is 11.8 Å². The number of hydrogen-bond acceptors (Lipinski definition) is 5. The molecule has 1 heterocycles. The van der Waals surface area contributed by atoms with Crippen molar-refractivity contribution in [3.8, 4) is 11.1 Å². The molecule has 2 aliphatic rings. The predicted octanol–water partition coefficient (Wildman–Crippen LogP) is 4.46. The summed E-state index contributed by atoms with van der Waals surface area (Å²) in [6.07, 6.45) is 1.91. The van der Waals surface area contributed by atoms with Gasteiger partial charge in [-0.1, -0.05) is 68.3 Å². The lowest BCUT2D eigenvalue weighted by Crippen LogP contribution is -2.45. The van der Waals surface area contributed by atoms with Crippen molar-refractivity contribution in [3.63, 3.8) is 0 Å². The summed E-state index contributed by atoms with van der Waals surface area (Å²) in [4.78, 5) is 38.4. The van der Waals surface area contributed by atoms with E-state index in [1.54, 1.807) is 0 Å². The lowest BCUT2D eigenvalue weighted by molar-refractivity contribution is -0.148. The van der Waals surface area contributed by atoms with E-state index in [1.165, 1.54) is 16.7 Å². The number of carboxylic acid groups (broad SMARTS) is 1. The molecule has 1 saturated heterocycles. The van der Waals surface area contributed by atoms with Crippen molar-refractivity contribution >= 4 is 29.7 Å². The minimum Gasteiger partial charge on any atom is -0.480 e. The Morgan fingerprint density at radius 2 is 1.76 bits per heavy atom. The van der Waals surface area contributed by atoms with Gasteiger partial charge in [0, 0.05) is 24.1 Å². The van der Waals surface area contributed by atoms with E-state index >= 15 is 0 Å². The van der Waals surface area contributed by atoms with Gasteiger partial charge in [0.25, 0.3) is 0 Å². The number of rotatable bonds is 9. The van der Waals surface area contributed by atoms with Crippen LogP contribution in [0, 0.1) is 0 Å². The summed E-state index contributed by atoms with van der Waals surface area (Å²) >= 11 is 1.43. The Morgan fingerprint density at radius 1 is 1.12 bits per heavy atom. The van der Waals surface area contributed by atoms with Gasteiger partial charge in [0.05, 0.1) is 5.88 Å². The summed E-state index contributed by atoms with van der Waals surface area (Å²) in [6.45, 7) is 2.25. The average Bonchev–Trinajstić information content (AvgIpc) is 3.45. The van der Waals surface area contributed by atoms with E-state index in [0.29, 0.717) is 18.1 Å². The largest absolute Gasteiger partial charge is 0.480 e. The molecule has 0 spiro atoms. The third-order valence-corrected chi connectivity index (χ3v) is 7.49. The summed E-state index contributed by atoms with van der Waals surface area (Å²) < 4.78 is 5.64. The Bertz CT molecular complexity index is 1010. The van der Waals surface area contributed by atoms with Crippen LogP contribution in [0.3, 0.4) is 0 Å². The van der Waals surface area contributed by atoms with Crippen molar-refractivity contribution in [3.05, 3.63) is 59.7 Å². The molecular formula is C26H30N2O5S. The Kier molecular flexibility index (Phi) is 7.77. The minimum atomic E-state index is -0.993. The molecule has 2 amide bonds. The van der Waals surface area contributed by atoms with Gasteiger partial charge in [0.15, 0.2) is 0 Å². The zero-order valence-electron chi connectivity index (χ0n) is 19.2. The van der Waals surface area contributed by atoms with Crippen LogP contribution in [0.25, 0.3) is 11.1 Å². The number of hydrogen-bond donors (Lipinski definition) is 2. The highest BCUT2D eigenvalue weighted by atomic mass is 32.2. The van der Waals surface area contributed by atoms with Crippen LogP contribution in [0.5, 0.6) is 0 Å². The van der Waals surface area contributed by atoms with Gasteiger partial charge >= 0.3 is 12.1 Å². The molecule has 0 bridgehead atoms. The number of ether oxygens (including phenoxy) is 1. The molecule has 1 unspecified atom stereocenters. The number of carboxylic acids is 1. The summed E-state index contributed by atoms with van der Waals surface area (Å²) in [5, 5.41) is 12.2. The molecule has 0 saturated carbocycles. The fourth-order valence-corrected chi connectivity index (χ4v) is 5.88. The number of aliphatic carboxylic acids is 1. The molecule has 8 heteroatoms. The van der Waals surface area contributed by atoms with Crippen LogP contribution in [-0.2, 0) is 14.3 Å². The highest BCUT2D eigenvalue weighted by Gasteiger charge is 2.35. The lowest BCUT2D eigenvalue weighted by Gasteiger charge is -2.24. The predicted molar refractivity (Wildman–Crippen MR) is 132 cm³/mol. The number of carbonyl (C=O) groups excluding carboxylic acids is 2. The molecule has 2 aromatic rings. The van der Waals surface area contributed by atoms with Gasteiger partial charge in [0.2, 0.25) is 5.91 Å². The van der Waals surface area contributed by atoms with E-state index in [9.17, 15) is 19.5 Å². The molecule has 1 fully saturated rings. The van der Waals surface area contributed by atoms with Crippen LogP contribution in [0.15, 0.2) is 48.5 Å². The van der Waals surface area contributed by atoms with Gasteiger partial charge < -0.3 is 20.1 Å². The maximum Gasteiger partial charge on any atom is 0.407 e. The number of thioether (sulfide) groups is 1. The molecular weight excluding hydrogens is 452 g/mol. The van der Waals surface area contributed by atoms with Gasteiger partial charge in [-0.05, 0) is 28.7 Å². The van der Waals surface area contributed by atoms with Crippen molar-refractivity contribution in [2.75, 3.05) is 18.2 Å². The first kappa shape index (κ1) is 24.1. The Hall–Kier alpha value is -3.00. The summed E-state index contributed by atoms with van der Waals surface area (Å²) in [5.74, 6) is -0.529. The smallest absolute Gasteiger partial charge is 0.407 e. The first-order valence-electron chi connectivity index (χ1n) is 11.7.